The summed E-state index contributed by atoms with van der Waals surface area (Å²) in [6, 6.07) is 6.58. The molecule has 2 atom stereocenters. The summed E-state index contributed by atoms with van der Waals surface area (Å²) in [4.78, 5) is 6.95. The molecule has 1 aromatic rings. The van der Waals surface area contributed by atoms with Crippen molar-refractivity contribution in [3.8, 4) is 0 Å². The Morgan fingerprint density at radius 3 is 2.94 bits per heavy atom. The first-order valence-corrected chi connectivity index (χ1v) is 6.19. The van der Waals surface area contributed by atoms with Gasteiger partial charge in [-0.2, -0.15) is 0 Å². The average molecular weight is 235 g/mol. The molecule has 1 aromatic heterocycles. The van der Waals surface area contributed by atoms with Gasteiger partial charge in [-0.25, -0.2) is 4.98 Å². The van der Waals surface area contributed by atoms with Crippen molar-refractivity contribution in [3.63, 3.8) is 0 Å². The van der Waals surface area contributed by atoms with Crippen LogP contribution in [0.4, 0.5) is 11.6 Å². The van der Waals surface area contributed by atoms with Gasteiger partial charge < -0.3 is 15.0 Å². The molecular weight excluding hydrogens is 214 g/mol. The third-order valence-electron chi connectivity index (χ3n) is 3.45. The number of pyridine rings is 1. The number of nitrogens with zero attached hydrogens (tertiary/aromatic N) is 2. The van der Waals surface area contributed by atoms with E-state index in [0.717, 1.165) is 31.0 Å². The number of piperidine rings is 1. The summed E-state index contributed by atoms with van der Waals surface area (Å²) >= 11 is 0. The zero-order valence-electron chi connectivity index (χ0n) is 10.8. The van der Waals surface area contributed by atoms with E-state index in [1.807, 2.05) is 19.2 Å². The van der Waals surface area contributed by atoms with Crippen LogP contribution < -0.4 is 10.2 Å². The minimum absolute atomic E-state index is 0.397. The van der Waals surface area contributed by atoms with Crippen LogP contribution in [0.3, 0.4) is 0 Å². The largest absolute Gasteiger partial charge is 0.381 e. The van der Waals surface area contributed by atoms with Gasteiger partial charge in [-0.3, -0.25) is 0 Å². The molecule has 2 heterocycles. The zero-order valence-corrected chi connectivity index (χ0v) is 10.8. The number of hydrogen-bond donors (Lipinski definition) is 1. The molecule has 0 amide bonds. The van der Waals surface area contributed by atoms with E-state index in [4.69, 9.17) is 4.74 Å². The van der Waals surface area contributed by atoms with Gasteiger partial charge in [0.25, 0.3) is 0 Å². The fraction of sp³-hybridized carbons (Fsp3) is 0.615. The SMILES string of the molecule is CNc1cccc(N2CCC(OC)CC2C)n1. The third kappa shape index (κ3) is 2.69. The molecule has 1 aliphatic rings. The Bertz CT molecular complexity index is 369. The maximum absolute atomic E-state index is 5.43. The number of aromatic nitrogens is 1. The molecule has 0 aliphatic carbocycles. The fourth-order valence-electron chi connectivity index (χ4n) is 2.41. The van der Waals surface area contributed by atoms with E-state index in [9.17, 15) is 0 Å². The molecule has 1 saturated heterocycles. The van der Waals surface area contributed by atoms with E-state index in [1.54, 1.807) is 7.11 Å². The van der Waals surface area contributed by atoms with E-state index in [1.165, 1.54) is 0 Å². The molecule has 0 aromatic carbocycles. The first-order valence-electron chi connectivity index (χ1n) is 6.19. The van der Waals surface area contributed by atoms with Gasteiger partial charge in [0.05, 0.1) is 6.10 Å². The van der Waals surface area contributed by atoms with E-state index >= 15 is 0 Å². The summed E-state index contributed by atoms with van der Waals surface area (Å²) in [7, 11) is 3.69. The Kier molecular flexibility index (Phi) is 3.84. The number of ether oxygens (including phenoxy) is 1. The van der Waals surface area contributed by atoms with Crippen LogP contribution in [-0.4, -0.2) is 37.8 Å². The van der Waals surface area contributed by atoms with Gasteiger partial charge in [0, 0.05) is 26.7 Å². The van der Waals surface area contributed by atoms with Crippen molar-refractivity contribution < 1.29 is 4.74 Å². The minimum Gasteiger partial charge on any atom is -0.381 e. The number of anilines is 2. The Hall–Kier alpha value is -1.29. The lowest BCUT2D eigenvalue weighted by Crippen LogP contribution is -2.43. The smallest absolute Gasteiger partial charge is 0.131 e. The van der Waals surface area contributed by atoms with Crippen LogP contribution in [-0.2, 0) is 4.74 Å². The molecule has 2 unspecified atom stereocenters. The highest BCUT2D eigenvalue weighted by Gasteiger charge is 2.26. The first-order chi connectivity index (χ1) is 8.24. The van der Waals surface area contributed by atoms with Gasteiger partial charge >= 0.3 is 0 Å². The predicted molar refractivity (Wildman–Crippen MR) is 70.6 cm³/mol. The van der Waals surface area contributed by atoms with Crippen LogP contribution in [0.5, 0.6) is 0 Å². The van der Waals surface area contributed by atoms with Crippen molar-refractivity contribution in [1.29, 1.82) is 0 Å². The summed E-state index contributed by atoms with van der Waals surface area (Å²) < 4.78 is 5.43. The quantitative estimate of drug-likeness (QED) is 0.871. The minimum atomic E-state index is 0.397. The standard InChI is InChI=1S/C13H21N3O/c1-10-9-11(17-3)7-8-16(10)13-6-4-5-12(14-2)15-13/h4-6,10-11H,7-9H2,1-3H3,(H,14,15). The molecule has 4 heteroatoms. The van der Waals surface area contributed by atoms with Crippen LogP contribution in [0.1, 0.15) is 19.8 Å². The van der Waals surface area contributed by atoms with Gasteiger partial charge in [0.1, 0.15) is 11.6 Å². The number of methoxy groups -OCH3 is 1. The molecule has 2 rings (SSSR count). The van der Waals surface area contributed by atoms with E-state index < -0.39 is 0 Å². The lowest BCUT2D eigenvalue weighted by molar-refractivity contribution is 0.0719. The first kappa shape index (κ1) is 12.2. The van der Waals surface area contributed by atoms with Crippen molar-refractivity contribution >= 4 is 11.6 Å². The normalized spacial score (nSPS) is 24.8. The van der Waals surface area contributed by atoms with Gasteiger partial charge in [0.2, 0.25) is 0 Å². The summed E-state index contributed by atoms with van der Waals surface area (Å²) in [6.07, 6.45) is 2.54. The van der Waals surface area contributed by atoms with Crippen LogP contribution in [0.15, 0.2) is 18.2 Å². The molecule has 0 spiro atoms. The molecule has 1 aliphatic heterocycles. The van der Waals surface area contributed by atoms with Crippen molar-refractivity contribution in [3.05, 3.63) is 18.2 Å². The van der Waals surface area contributed by atoms with Crippen LogP contribution in [0.25, 0.3) is 0 Å². The average Bonchev–Trinajstić information content (AvgIpc) is 2.38. The van der Waals surface area contributed by atoms with Crippen LogP contribution >= 0.6 is 0 Å². The fourth-order valence-corrected chi connectivity index (χ4v) is 2.41. The maximum atomic E-state index is 5.43. The van der Waals surface area contributed by atoms with Gasteiger partial charge in [-0.05, 0) is 31.9 Å². The van der Waals surface area contributed by atoms with Crippen molar-refractivity contribution in [2.75, 3.05) is 30.9 Å². The second-order valence-corrected chi connectivity index (χ2v) is 4.56. The van der Waals surface area contributed by atoms with Crippen LogP contribution in [0.2, 0.25) is 0 Å². The molecule has 0 bridgehead atoms. The highest BCUT2D eigenvalue weighted by Crippen LogP contribution is 2.25. The number of rotatable bonds is 3. The second-order valence-electron chi connectivity index (χ2n) is 4.56. The molecule has 1 fully saturated rings. The molecular formula is C13H21N3O. The van der Waals surface area contributed by atoms with Crippen molar-refractivity contribution in [2.24, 2.45) is 0 Å². The monoisotopic (exact) mass is 235 g/mol. The van der Waals surface area contributed by atoms with E-state index in [-0.39, 0.29) is 0 Å². The summed E-state index contributed by atoms with van der Waals surface area (Å²) in [5.74, 6) is 1.97. The Labute approximate surface area is 103 Å². The molecule has 94 valence electrons. The highest BCUT2D eigenvalue weighted by atomic mass is 16.5. The third-order valence-corrected chi connectivity index (χ3v) is 3.45. The lowest BCUT2D eigenvalue weighted by Gasteiger charge is -2.38. The molecule has 0 radical (unpaired) electrons. The molecule has 17 heavy (non-hydrogen) atoms. The molecule has 0 saturated carbocycles. The summed E-state index contributed by atoms with van der Waals surface area (Å²) in [6.45, 7) is 3.25. The lowest BCUT2D eigenvalue weighted by atomic mass is 10.0. The van der Waals surface area contributed by atoms with Gasteiger partial charge in [-0.1, -0.05) is 6.07 Å². The Morgan fingerprint density at radius 1 is 1.47 bits per heavy atom. The topological polar surface area (TPSA) is 37.4 Å². The van der Waals surface area contributed by atoms with E-state index in [0.29, 0.717) is 12.1 Å². The number of hydrogen-bond acceptors (Lipinski definition) is 4. The Morgan fingerprint density at radius 2 is 2.29 bits per heavy atom. The van der Waals surface area contributed by atoms with E-state index in [2.05, 4.69) is 28.2 Å². The maximum Gasteiger partial charge on any atom is 0.131 e. The predicted octanol–water partition coefficient (Wildman–Crippen LogP) is 2.13. The van der Waals surface area contributed by atoms with Crippen molar-refractivity contribution in [1.82, 2.24) is 4.98 Å². The second kappa shape index (κ2) is 5.36. The zero-order chi connectivity index (χ0) is 12.3. The number of nitrogens with one attached hydrogen (secondary N) is 1. The molecule has 4 nitrogen and oxygen atoms in total. The van der Waals surface area contributed by atoms with Gasteiger partial charge in [-0.15, -0.1) is 0 Å². The van der Waals surface area contributed by atoms with Crippen LogP contribution in [0, 0.1) is 0 Å². The highest BCUT2D eigenvalue weighted by molar-refractivity contribution is 5.47. The summed E-state index contributed by atoms with van der Waals surface area (Å²) in [5, 5.41) is 3.08. The molecule has 1 N–H and O–H groups in total. The van der Waals surface area contributed by atoms with Crippen molar-refractivity contribution in [2.45, 2.75) is 31.9 Å². The van der Waals surface area contributed by atoms with Gasteiger partial charge in [0.15, 0.2) is 0 Å². The Balaban J connectivity index is 2.11. The summed E-state index contributed by atoms with van der Waals surface area (Å²) in [5.41, 5.74) is 0.